The van der Waals surface area contributed by atoms with Crippen molar-refractivity contribution in [1.29, 1.82) is 0 Å². The SMILES string of the molecule is COCC(=O)NC1CCN(C(=O)CCCCN)CC1. The van der Waals surface area contributed by atoms with Gasteiger partial charge in [0.2, 0.25) is 11.8 Å². The van der Waals surface area contributed by atoms with Gasteiger partial charge in [0.05, 0.1) is 0 Å². The first kappa shape index (κ1) is 15.9. The van der Waals surface area contributed by atoms with Crippen molar-refractivity contribution in [1.82, 2.24) is 10.2 Å². The van der Waals surface area contributed by atoms with E-state index in [0.29, 0.717) is 13.0 Å². The van der Waals surface area contributed by atoms with Crippen LogP contribution in [0.5, 0.6) is 0 Å². The van der Waals surface area contributed by atoms with E-state index in [-0.39, 0.29) is 24.5 Å². The van der Waals surface area contributed by atoms with Gasteiger partial charge >= 0.3 is 0 Å². The number of carbonyl (C=O) groups is 2. The largest absolute Gasteiger partial charge is 0.375 e. The molecule has 1 heterocycles. The molecule has 0 aromatic rings. The van der Waals surface area contributed by atoms with E-state index in [1.165, 1.54) is 7.11 Å². The van der Waals surface area contributed by atoms with Crippen LogP contribution in [0.15, 0.2) is 0 Å². The summed E-state index contributed by atoms with van der Waals surface area (Å²) in [5.41, 5.74) is 5.41. The van der Waals surface area contributed by atoms with Crippen LogP contribution in [0, 0.1) is 0 Å². The van der Waals surface area contributed by atoms with Crippen LogP contribution in [-0.2, 0) is 14.3 Å². The van der Waals surface area contributed by atoms with Crippen molar-refractivity contribution >= 4 is 11.8 Å². The van der Waals surface area contributed by atoms with Crippen molar-refractivity contribution in [3.63, 3.8) is 0 Å². The molecular formula is C13H25N3O3. The molecule has 1 rings (SSSR count). The summed E-state index contributed by atoms with van der Waals surface area (Å²) in [5.74, 6) is 0.116. The highest BCUT2D eigenvalue weighted by Gasteiger charge is 2.23. The Hall–Kier alpha value is -1.14. The van der Waals surface area contributed by atoms with Crippen LogP contribution in [-0.4, -0.2) is 56.1 Å². The first-order valence-electron chi connectivity index (χ1n) is 6.93. The Balaban J connectivity index is 2.21. The van der Waals surface area contributed by atoms with E-state index in [2.05, 4.69) is 5.32 Å². The topological polar surface area (TPSA) is 84.7 Å². The molecule has 0 unspecified atom stereocenters. The third-order valence-electron chi connectivity index (χ3n) is 3.33. The number of hydrogen-bond donors (Lipinski definition) is 2. The van der Waals surface area contributed by atoms with Gasteiger partial charge < -0.3 is 20.7 Å². The van der Waals surface area contributed by atoms with Crippen LogP contribution in [0.25, 0.3) is 0 Å². The van der Waals surface area contributed by atoms with E-state index >= 15 is 0 Å². The summed E-state index contributed by atoms with van der Waals surface area (Å²) in [6.07, 6.45) is 3.98. The van der Waals surface area contributed by atoms with E-state index < -0.39 is 0 Å². The molecule has 0 aliphatic carbocycles. The van der Waals surface area contributed by atoms with Crippen molar-refractivity contribution < 1.29 is 14.3 Å². The minimum absolute atomic E-state index is 0.0878. The number of nitrogens with one attached hydrogen (secondary N) is 1. The zero-order valence-corrected chi connectivity index (χ0v) is 11.7. The second-order valence-corrected chi connectivity index (χ2v) is 4.90. The average Bonchev–Trinajstić information content (AvgIpc) is 2.40. The Labute approximate surface area is 114 Å². The van der Waals surface area contributed by atoms with Gasteiger partial charge in [-0.2, -0.15) is 0 Å². The summed E-state index contributed by atoms with van der Waals surface area (Å²) in [7, 11) is 1.50. The van der Waals surface area contributed by atoms with Crippen LogP contribution >= 0.6 is 0 Å². The number of nitrogens with two attached hydrogens (primary N) is 1. The predicted octanol–water partition coefficient (Wildman–Crippen LogP) is -0.131. The second-order valence-electron chi connectivity index (χ2n) is 4.90. The lowest BCUT2D eigenvalue weighted by Crippen LogP contribution is -2.47. The number of methoxy groups -OCH3 is 1. The molecular weight excluding hydrogens is 246 g/mol. The number of rotatable bonds is 7. The van der Waals surface area contributed by atoms with E-state index in [1.54, 1.807) is 0 Å². The van der Waals surface area contributed by atoms with Crippen molar-refractivity contribution in [2.75, 3.05) is 33.4 Å². The minimum atomic E-state index is -0.0878. The van der Waals surface area contributed by atoms with Crippen LogP contribution in [0.4, 0.5) is 0 Å². The van der Waals surface area contributed by atoms with Gasteiger partial charge in [0.25, 0.3) is 0 Å². The Kier molecular flexibility index (Phi) is 7.43. The van der Waals surface area contributed by atoms with E-state index in [9.17, 15) is 9.59 Å². The molecule has 0 bridgehead atoms. The molecule has 19 heavy (non-hydrogen) atoms. The van der Waals surface area contributed by atoms with E-state index in [1.807, 2.05) is 4.90 Å². The van der Waals surface area contributed by atoms with Gasteiger partial charge in [-0.3, -0.25) is 9.59 Å². The fourth-order valence-electron chi connectivity index (χ4n) is 2.25. The fraction of sp³-hybridized carbons (Fsp3) is 0.846. The second kappa shape index (κ2) is 8.87. The first-order chi connectivity index (χ1) is 9.17. The van der Waals surface area contributed by atoms with Crippen LogP contribution < -0.4 is 11.1 Å². The lowest BCUT2D eigenvalue weighted by Gasteiger charge is -2.32. The molecule has 1 saturated heterocycles. The average molecular weight is 271 g/mol. The maximum Gasteiger partial charge on any atom is 0.246 e. The molecule has 6 heteroatoms. The highest BCUT2D eigenvalue weighted by atomic mass is 16.5. The van der Waals surface area contributed by atoms with Crippen molar-refractivity contribution in [2.45, 2.75) is 38.1 Å². The van der Waals surface area contributed by atoms with Crippen molar-refractivity contribution in [2.24, 2.45) is 5.73 Å². The molecule has 0 atom stereocenters. The standard InChI is InChI=1S/C13H25N3O3/c1-19-10-12(17)15-11-5-8-16(9-6-11)13(18)4-2-3-7-14/h11H,2-10,14H2,1H3,(H,15,17). The lowest BCUT2D eigenvalue weighted by molar-refractivity contribution is -0.132. The van der Waals surface area contributed by atoms with E-state index in [0.717, 1.165) is 38.8 Å². The van der Waals surface area contributed by atoms with E-state index in [4.69, 9.17) is 10.5 Å². The minimum Gasteiger partial charge on any atom is -0.375 e. The Morgan fingerprint density at radius 2 is 2.00 bits per heavy atom. The number of likely N-dealkylation sites (tertiary alicyclic amines) is 1. The molecule has 110 valence electrons. The third-order valence-corrected chi connectivity index (χ3v) is 3.33. The highest BCUT2D eigenvalue weighted by molar-refractivity contribution is 5.78. The molecule has 1 fully saturated rings. The molecule has 0 saturated carbocycles. The summed E-state index contributed by atoms with van der Waals surface area (Å²) >= 11 is 0. The summed E-state index contributed by atoms with van der Waals surface area (Å²) < 4.78 is 4.77. The first-order valence-corrected chi connectivity index (χ1v) is 6.93. The van der Waals surface area contributed by atoms with Gasteiger partial charge in [-0.1, -0.05) is 0 Å². The van der Waals surface area contributed by atoms with Crippen LogP contribution in [0.1, 0.15) is 32.1 Å². The predicted molar refractivity (Wildman–Crippen MR) is 72.5 cm³/mol. The normalized spacial score (nSPS) is 16.4. The molecule has 1 aliphatic heterocycles. The van der Waals surface area contributed by atoms with Gasteiger partial charge in [0.15, 0.2) is 0 Å². The summed E-state index contributed by atoms with van der Waals surface area (Å²) in [4.78, 5) is 25.1. The number of amides is 2. The fourth-order valence-corrected chi connectivity index (χ4v) is 2.25. The molecule has 1 aliphatic rings. The smallest absolute Gasteiger partial charge is 0.246 e. The molecule has 0 radical (unpaired) electrons. The maximum absolute atomic E-state index is 11.9. The number of ether oxygens (including phenoxy) is 1. The van der Waals surface area contributed by atoms with Gasteiger partial charge in [-0.25, -0.2) is 0 Å². The van der Waals surface area contributed by atoms with Gasteiger partial charge in [-0.05, 0) is 32.2 Å². The maximum atomic E-state index is 11.9. The molecule has 2 amide bonds. The molecule has 6 nitrogen and oxygen atoms in total. The number of unbranched alkanes of at least 4 members (excludes halogenated alkanes) is 1. The highest BCUT2D eigenvalue weighted by Crippen LogP contribution is 2.12. The summed E-state index contributed by atoms with van der Waals surface area (Å²) in [6, 6.07) is 0.163. The molecule has 3 N–H and O–H groups in total. The number of piperidine rings is 1. The Morgan fingerprint density at radius 1 is 1.32 bits per heavy atom. The zero-order chi connectivity index (χ0) is 14.1. The third kappa shape index (κ3) is 6.02. The van der Waals surface area contributed by atoms with Crippen molar-refractivity contribution in [3.05, 3.63) is 0 Å². The summed E-state index contributed by atoms with van der Waals surface area (Å²) in [6.45, 7) is 2.18. The lowest BCUT2D eigenvalue weighted by atomic mass is 10.0. The Bertz CT molecular complexity index is 289. The Morgan fingerprint density at radius 3 is 2.58 bits per heavy atom. The number of nitrogens with zero attached hydrogens (tertiary/aromatic N) is 1. The number of carbonyl (C=O) groups excluding carboxylic acids is 2. The van der Waals surface area contributed by atoms with Crippen molar-refractivity contribution in [3.8, 4) is 0 Å². The van der Waals surface area contributed by atoms with Crippen LogP contribution in [0.3, 0.4) is 0 Å². The molecule has 0 aromatic heterocycles. The van der Waals surface area contributed by atoms with Gasteiger partial charge in [-0.15, -0.1) is 0 Å². The quantitative estimate of drug-likeness (QED) is 0.632. The van der Waals surface area contributed by atoms with Crippen LogP contribution in [0.2, 0.25) is 0 Å². The monoisotopic (exact) mass is 271 g/mol. The molecule has 0 spiro atoms. The van der Waals surface area contributed by atoms with Gasteiger partial charge in [0, 0.05) is 32.7 Å². The number of hydrogen-bond acceptors (Lipinski definition) is 4. The zero-order valence-electron chi connectivity index (χ0n) is 11.7. The molecule has 0 aromatic carbocycles. The van der Waals surface area contributed by atoms with Gasteiger partial charge in [0.1, 0.15) is 6.61 Å². The summed E-state index contributed by atoms with van der Waals surface area (Å²) in [5, 5.41) is 2.91.